The van der Waals surface area contributed by atoms with E-state index in [1.54, 1.807) is 0 Å². The van der Waals surface area contributed by atoms with Crippen molar-refractivity contribution in [1.29, 1.82) is 0 Å². The molecule has 1 unspecified atom stereocenters. The van der Waals surface area contributed by atoms with Crippen molar-refractivity contribution in [1.82, 2.24) is 15.0 Å². The Morgan fingerprint density at radius 2 is 1.54 bits per heavy atom. The molecule has 1 atom stereocenters. The molecular weight excluding hydrogens is 525 g/mol. The van der Waals surface area contributed by atoms with Crippen molar-refractivity contribution in [3.63, 3.8) is 0 Å². The van der Waals surface area contributed by atoms with Gasteiger partial charge in [-0.05, 0) is 52.0 Å². The number of imidazole rings is 1. The summed E-state index contributed by atoms with van der Waals surface area (Å²) in [7, 11) is 0. The monoisotopic (exact) mass is 554 g/mol. The molecule has 198 valence electrons. The minimum atomic E-state index is -0.384. The topological polar surface area (TPSA) is 79.9 Å². The van der Waals surface area contributed by atoms with Crippen molar-refractivity contribution in [2.75, 3.05) is 11.9 Å². The van der Waals surface area contributed by atoms with Crippen molar-refractivity contribution in [2.24, 2.45) is 0 Å². The highest BCUT2D eigenvalue weighted by molar-refractivity contribution is 8.00. The van der Waals surface area contributed by atoms with Gasteiger partial charge in [-0.2, -0.15) is 0 Å². The van der Waals surface area contributed by atoms with Crippen LogP contribution in [0.3, 0.4) is 0 Å². The van der Waals surface area contributed by atoms with E-state index in [0.29, 0.717) is 16.9 Å². The van der Waals surface area contributed by atoms with Gasteiger partial charge in [-0.3, -0.25) is 4.79 Å². The number of amides is 1. The molecule has 0 spiro atoms. The summed E-state index contributed by atoms with van der Waals surface area (Å²) in [5.41, 5.74) is 8.07. The number of H-pyrrole nitrogens is 1. The summed E-state index contributed by atoms with van der Waals surface area (Å²) in [6.07, 6.45) is 0. The summed E-state index contributed by atoms with van der Waals surface area (Å²) >= 11 is 2.80. The molecule has 5 aromatic rings. The third kappa shape index (κ3) is 6.41. The first-order valence-electron chi connectivity index (χ1n) is 12.8. The first-order chi connectivity index (χ1) is 18.9. The van der Waals surface area contributed by atoms with Gasteiger partial charge in [0.05, 0.1) is 28.9 Å². The zero-order valence-electron chi connectivity index (χ0n) is 22.3. The van der Waals surface area contributed by atoms with Gasteiger partial charge < -0.3 is 15.0 Å². The number of aryl methyl sites for hydroxylation is 2. The lowest BCUT2D eigenvalue weighted by Crippen LogP contribution is -2.22. The van der Waals surface area contributed by atoms with Crippen molar-refractivity contribution in [3.05, 3.63) is 89.3 Å². The van der Waals surface area contributed by atoms with Crippen LogP contribution in [0.25, 0.3) is 33.8 Å². The maximum absolute atomic E-state index is 13.1. The van der Waals surface area contributed by atoms with Gasteiger partial charge in [0.15, 0.2) is 10.3 Å². The van der Waals surface area contributed by atoms with Crippen LogP contribution in [0.2, 0.25) is 0 Å². The number of anilines is 1. The third-order valence-electron chi connectivity index (χ3n) is 6.20. The quantitative estimate of drug-likeness (QED) is 0.180. The number of carbonyl (C=O) groups excluding carboxylic acids is 1. The summed E-state index contributed by atoms with van der Waals surface area (Å²) in [6, 6.07) is 24.5. The molecule has 0 radical (unpaired) electrons. The van der Waals surface area contributed by atoms with Crippen LogP contribution < -0.4 is 10.1 Å². The largest absolute Gasteiger partial charge is 0.494 e. The van der Waals surface area contributed by atoms with Crippen LogP contribution in [0.5, 0.6) is 5.75 Å². The standard InChI is InChI=1S/C31H30N4O2S2/c1-5-37-25-16-14-22(15-17-25)26-18-38-30(32-26)35-29(36)21(4)39-31-33-27(23-10-6-19(2)7-11-23)28(34-31)24-12-8-20(3)9-13-24/h6-18,21H,5H2,1-4H3,(H,33,34)(H,32,35,36). The molecule has 1 amide bonds. The van der Waals surface area contributed by atoms with Crippen molar-refractivity contribution < 1.29 is 9.53 Å². The van der Waals surface area contributed by atoms with Gasteiger partial charge in [-0.25, -0.2) is 9.97 Å². The summed E-state index contributed by atoms with van der Waals surface area (Å²) in [6.45, 7) is 8.60. The predicted octanol–water partition coefficient (Wildman–Crippen LogP) is 8.00. The number of aromatic amines is 1. The Morgan fingerprint density at radius 3 is 2.18 bits per heavy atom. The molecule has 2 heterocycles. The number of benzene rings is 3. The molecule has 5 rings (SSSR count). The van der Waals surface area contributed by atoms with Gasteiger partial charge in [0.25, 0.3) is 0 Å². The number of nitrogens with one attached hydrogen (secondary N) is 2. The van der Waals surface area contributed by atoms with E-state index in [9.17, 15) is 4.79 Å². The average molecular weight is 555 g/mol. The van der Waals surface area contributed by atoms with Crippen molar-refractivity contribution >= 4 is 34.1 Å². The lowest BCUT2D eigenvalue weighted by molar-refractivity contribution is -0.115. The zero-order chi connectivity index (χ0) is 27.4. The molecule has 0 saturated heterocycles. The molecule has 8 heteroatoms. The molecular formula is C31H30N4O2S2. The molecule has 6 nitrogen and oxygen atoms in total. The number of hydrogen-bond donors (Lipinski definition) is 2. The normalized spacial score (nSPS) is 11.8. The average Bonchev–Trinajstić information content (AvgIpc) is 3.58. The van der Waals surface area contributed by atoms with Crippen LogP contribution in [0.4, 0.5) is 5.13 Å². The molecule has 0 saturated carbocycles. The van der Waals surface area contributed by atoms with Crippen LogP contribution in [-0.2, 0) is 4.79 Å². The van der Waals surface area contributed by atoms with Crippen molar-refractivity contribution in [2.45, 2.75) is 38.1 Å². The maximum atomic E-state index is 13.1. The number of hydrogen-bond acceptors (Lipinski definition) is 6. The number of thioether (sulfide) groups is 1. The fraction of sp³-hybridized carbons (Fsp3) is 0.194. The molecule has 3 aromatic carbocycles. The van der Waals surface area contributed by atoms with Gasteiger partial charge >= 0.3 is 0 Å². The van der Waals surface area contributed by atoms with Crippen LogP contribution in [0.15, 0.2) is 83.3 Å². The van der Waals surface area contributed by atoms with E-state index < -0.39 is 0 Å². The lowest BCUT2D eigenvalue weighted by Gasteiger charge is -2.08. The number of carbonyl (C=O) groups is 1. The SMILES string of the molecule is CCOc1ccc(-c2csc(NC(=O)C(C)Sc3nc(-c4ccc(C)cc4)c(-c4ccc(C)cc4)[nH]3)n2)cc1. The van der Waals surface area contributed by atoms with E-state index in [0.717, 1.165) is 39.5 Å². The minimum Gasteiger partial charge on any atom is -0.494 e. The van der Waals surface area contributed by atoms with Crippen LogP contribution in [0.1, 0.15) is 25.0 Å². The molecule has 0 aliphatic rings. The molecule has 2 aromatic heterocycles. The molecule has 2 N–H and O–H groups in total. The smallest absolute Gasteiger partial charge is 0.239 e. The second-order valence-electron chi connectivity index (χ2n) is 9.24. The number of ether oxygens (including phenoxy) is 1. The van der Waals surface area contributed by atoms with E-state index >= 15 is 0 Å². The Kier molecular flexibility index (Phi) is 8.14. The second kappa shape index (κ2) is 11.9. The lowest BCUT2D eigenvalue weighted by atomic mass is 10.0. The Balaban J connectivity index is 1.31. The zero-order valence-corrected chi connectivity index (χ0v) is 24.0. The van der Waals surface area contributed by atoms with Gasteiger partial charge in [-0.1, -0.05) is 71.4 Å². The summed E-state index contributed by atoms with van der Waals surface area (Å²) in [5.74, 6) is 0.697. The molecule has 0 fully saturated rings. The Hall–Kier alpha value is -3.88. The highest BCUT2D eigenvalue weighted by Crippen LogP contribution is 2.34. The van der Waals surface area contributed by atoms with E-state index in [4.69, 9.17) is 9.72 Å². The molecule has 0 aliphatic carbocycles. The van der Waals surface area contributed by atoms with Crippen LogP contribution in [0, 0.1) is 13.8 Å². The summed E-state index contributed by atoms with van der Waals surface area (Å²) in [5, 5.41) is 5.78. The highest BCUT2D eigenvalue weighted by atomic mass is 32.2. The Bertz CT molecular complexity index is 1490. The van der Waals surface area contributed by atoms with Gasteiger partial charge in [0, 0.05) is 22.1 Å². The second-order valence-corrected chi connectivity index (χ2v) is 11.4. The van der Waals surface area contributed by atoms with Gasteiger partial charge in [-0.15, -0.1) is 11.3 Å². The van der Waals surface area contributed by atoms with E-state index in [-0.39, 0.29) is 11.2 Å². The summed E-state index contributed by atoms with van der Waals surface area (Å²) in [4.78, 5) is 26.0. The first kappa shape index (κ1) is 26.7. The van der Waals surface area contributed by atoms with Crippen molar-refractivity contribution in [3.8, 4) is 39.5 Å². The van der Waals surface area contributed by atoms with Gasteiger partial charge in [0.1, 0.15) is 5.75 Å². The first-order valence-corrected chi connectivity index (χ1v) is 14.6. The summed E-state index contributed by atoms with van der Waals surface area (Å²) < 4.78 is 5.51. The van der Waals surface area contributed by atoms with Gasteiger partial charge in [0.2, 0.25) is 5.91 Å². The van der Waals surface area contributed by atoms with Crippen LogP contribution in [-0.4, -0.2) is 32.7 Å². The third-order valence-corrected chi connectivity index (χ3v) is 7.94. The fourth-order valence-corrected chi connectivity index (χ4v) is 5.57. The number of nitrogens with zero attached hydrogens (tertiary/aromatic N) is 2. The van der Waals surface area contributed by atoms with E-state index in [1.807, 2.05) is 43.5 Å². The minimum absolute atomic E-state index is 0.127. The maximum Gasteiger partial charge on any atom is 0.239 e. The predicted molar refractivity (Wildman–Crippen MR) is 162 cm³/mol. The number of aromatic nitrogens is 3. The number of thiazole rings is 1. The molecule has 39 heavy (non-hydrogen) atoms. The van der Waals surface area contributed by atoms with E-state index in [1.165, 1.54) is 34.2 Å². The van der Waals surface area contributed by atoms with E-state index in [2.05, 4.69) is 77.7 Å². The number of rotatable bonds is 9. The highest BCUT2D eigenvalue weighted by Gasteiger charge is 2.21. The fourth-order valence-electron chi connectivity index (χ4n) is 4.04. The Labute approximate surface area is 236 Å². The molecule has 0 aliphatic heterocycles. The van der Waals surface area contributed by atoms with Crippen LogP contribution >= 0.6 is 23.1 Å². The molecule has 0 bridgehead atoms. The Morgan fingerprint density at radius 1 is 0.923 bits per heavy atom.